The van der Waals surface area contributed by atoms with Gasteiger partial charge in [-0.1, -0.05) is 0 Å². The monoisotopic (exact) mass is 1610 g/mol. The fourth-order valence-electron chi connectivity index (χ4n) is 10.5. The van der Waals surface area contributed by atoms with Gasteiger partial charge in [0.05, 0.1) is 159 Å². The number of hydrogen-bond donors (Lipinski definition) is 8. The molecule has 0 saturated heterocycles. The van der Waals surface area contributed by atoms with Crippen molar-refractivity contribution in [2.24, 2.45) is 5.41 Å². The summed E-state index contributed by atoms with van der Waals surface area (Å²) >= 11 is 0. The molecule has 0 heterocycles. The lowest BCUT2D eigenvalue weighted by Crippen LogP contribution is -2.51. The maximum atomic E-state index is 13.3. The smallest absolute Gasteiger partial charge is 0.237 e. The van der Waals surface area contributed by atoms with Crippen molar-refractivity contribution in [3.8, 4) is 0 Å². The molecule has 0 aromatic heterocycles. The van der Waals surface area contributed by atoms with Gasteiger partial charge in [-0.2, -0.15) is 0 Å². The molecule has 36 heteroatoms. The van der Waals surface area contributed by atoms with E-state index in [9.17, 15) is 95.9 Å². The molecular weight excluding hydrogens is 1480 g/mol. The number of Topliss-reactive ketones (excluding diaryl/α,β-unsaturated/α-hetero) is 16. The highest BCUT2D eigenvalue weighted by Gasteiger charge is 2.34. The average Bonchev–Trinajstić information content (AvgIpc) is 0.846. The summed E-state index contributed by atoms with van der Waals surface area (Å²) in [4.78, 5) is 250. The Morgan fingerprint density at radius 3 is 0.522 bits per heavy atom. The zero-order chi connectivity index (χ0) is 85.4. The minimum absolute atomic E-state index is 0.0120. The van der Waals surface area contributed by atoms with E-state index in [1.54, 1.807) is 0 Å². The summed E-state index contributed by atoms with van der Waals surface area (Å²) in [6.45, 7) is 10.1. The largest absolute Gasteiger partial charge is 0.378 e. The summed E-state index contributed by atoms with van der Waals surface area (Å²) < 4.78 is 47.1. The van der Waals surface area contributed by atoms with Crippen molar-refractivity contribution >= 4 is 116 Å². The van der Waals surface area contributed by atoms with Gasteiger partial charge in [-0.05, 0) is 134 Å². The zero-order valence-electron chi connectivity index (χ0n) is 68.0. The first-order valence-corrected chi connectivity index (χ1v) is 38.1. The summed E-state index contributed by atoms with van der Waals surface area (Å²) in [6.07, 6.45) is 0.164. The molecule has 0 radical (unpaired) electrons. The highest BCUT2D eigenvalue weighted by atomic mass is 16.6. The highest BCUT2D eigenvalue weighted by Crippen LogP contribution is 2.22. The molecule has 0 aliphatic carbocycles. The van der Waals surface area contributed by atoms with Crippen LogP contribution in [0, 0.1) is 5.41 Å². The summed E-state index contributed by atoms with van der Waals surface area (Å²) in [6, 6.07) is -8.23. The Hall–Kier alpha value is -7.88. The van der Waals surface area contributed by atoms with Crippen molar-refractivity contribution < 1.29 is 134 Å². The van der Waals surface area contributed by atoms with Gasteiger partial charge in [-0.15, -0.1) is 0 Å². The van der Waals surface area contributed by atoms with E-state index in [2.05, 4.69) is 42.5 Å². The standard InChI is InChI=1S/C77H124N8O28/c1-49(86)13-21-65(57(9)94)82-73(102)69(25-17-53(5)90)78-37-61(98)41-106-29-33-110-45-77(46-111-34-30-107-42-62(99)38-79-70(26-18-54(6)91)74(103)83-66(58(10)95)22-14-50(2)87,47-112-35-31-108-43-63(100)39-80-71(27-19-55(7)92)75(104)84-67(59(11)96)23-15-51(3)88)48-113-36-32-109-44-64(101)40-81-72(28-20-56(8)93)76(105)85-68(60(12)97)24-16-52(4)89/h65-72,78-81H,13-48H2,1-12H3,(H,82,102)(H,83,103)(H,84,104)(H,85,105). The van der Waals surface area contributed by atoms with Crippen LogP contribution in [0.2, 0.25) is 0 Å². The van der Waals surface area contributed by atoms with E-state index >= 15 is 0 Å². The van der Waals surface area contributed by atoms with Gasteiger partial charge in [0, 0.05) is 51.4 Å². The average molecular weight is 1610 g/mol. The fraction of sp³-hybridized carbons (Fsp3) is 0.740. The van der Waals surface area contributed by atoms with E-state index < -0.39 is 150 Å². The van der Waals surface area contributed by atoms with E-state index in [4.69, 9.17) is 37.9 Å². The molecule has 0 fully saturated rings. The van der Waals surface area contributed by atoms with Gasteiger partial charge in [0.25, 0.3) is 0 Å². The molecule has 4 amide bonds. The van der Waals surface area contributed by atoms with Crippen LogP contribution >= 0.6 is 0 Å². The summed E-state index contributed by atoms with van der Waals surface area (Å²) in [7, 11) is 0. The molecule has 8 unspecified atom stereocenters. The topological polar surface area (TPSA) is 511 Å². The molecule has 0 rings (SSSR count). The molecule has 0 aliphatic heterocycles. The number of ketones is 16. The molecule has 36 nitrogen and oxygen atoms in total. The highest BCUT2D eigenvalue weighted by molar-refractivity contribution is 5.95. The molecular formula is C77H124N8O28. The van der Waals surface area contributed by atoms with Gasteiger partial charge >= 0.3 is 0 Å². The third-order valence-corrected chi connectivity index (χ3v) is 17.1. The Kier molecular flexibility index (Phi) is 57.3. The lowest BCUT2D eigenvalue weighted by atomic mass is 9.92. The lowest BCUT2D eigenvalue weighted by molar-refractivity contribution is -0.131. The van der Waals surface area contributed by atoms with Crippen LogP contribution in [0.15, 0.2) is 0 Å². The van der Waals surface area contributed by atoms with Crippen LogP contribution in [0.3, 0.4) is 0 Å². The van der Waals surface area contributed by atoms with Gasteiger partial charge in [0.15, 0.2) is 46.3 Å². The van der Waals surface area contributed by atoms with Crippen LogP contribution in [0.4, 0.5) is 0 Å². The number of carbonyl (C=O) groups is 20. The van der Waals surface area contributed by atoms with E-state index in [-0.39, 0.29) is 254 Å². The summed E-state index contributed by atoms with van der Waals surface area (Å²) in [5.41, 5.74) is -1.27. The molecule has 0 aliphatic rings. The molecule has 0 aromatic rings. The Balaban J connectivity index is 6.85. The number of hydrogen-bond acceptors (Lipinski definition) is 32. The first-order chi connectivity index (χ1) is 53.3. The number of ether oxygens (including phenoxy) is 8. The predicted molar refractivity (Wildman–Crippen MR) is 406 cm³/mol. The van der Waals surface area contributed by atoms with Crippen LogP contribution < -0.4 is 42.5 Å². The van der Waals surface area contributed by atoms with Gasteiger partial charge in [0.1, 0.15) is 72.7 Å². The molecule has 0 aromatic carbocycles. The van der Waals surface area contributed by atoms with Crippen molar-refractivity contribution in [2.45, 2.75) is 234 Å². The summed E-state index contributed by atoms with van der Waals surface area (Å²) in [5.74, 6) is -7.93. The third-order valence-electron chi connectivity index (χ3n) is 17.1. The van der Waals surface area contributed by atoms with E-state index in [1.807, 2.05) is 0 Å². The van der Waals surface area contributed by atoms with E-state index in [0.29, 0.717) is 0 Å². The Bertz CT molecular complexity index is 2740. The molecule has 0 saturated carbocycles. The van der Waals surface area contributed by atoms with Crippen LogP contribution in [-0.2, 0) is 134 Å². The van der Waals surface area contributed by atoms with Crippen LogP contribution in [0.25, 0.3) is 0 Å². The minimum Gasteiger partial charge on any atom is -0.378 e. The Morgan fingerprint density at radius 1 is 0.221 bits per heavy atom. The minimum atomic E-state index is -1.27. The molecule has 113 heavy (non-hydrogen) atoms. The van der Waals surface area contributed by atoms with Crippen molar-refractivity contribution in [3.63, 3.8) is 0 Å². The van der Waals surface area contributed by atoms with Gasteiger partial charge < -0.3 is 97.5 Å². The van der Waals surface area contributed by atoms with Crippen LogP contribution in [0.5, 0.6) is 0 Å². The lowest BCUT2D eigenvalue weighted by Gasteiger charge is -2.33. The zero-order valence-corrected chi connectivity index (χ0v) is 68.0. The van der Waals surface area contributed by atoms with Gasteiger partial charge in [0.2, 0.25) is 23.6 Å². The maximum absolute atomic E-state index is 13.3. The normalized spacial score (nSPS) is 13.9. The van der Waals surface area contributed by atoms with Gasteiger partial charge in [-0.25, -0.2) is 0 Å². The van der Waals surface area contributed by atoms with Crippen molar-refractivity contribution in [1.29, 1.82) is 0 Å². The second kappa shape index (κ2) is 61.6. The first kappa shape index (κ1) is 105. The van der Waals surface area contributed by atoms with Crippen molar-refractivity contribution in [1.82, 2.24) is 42.5 Å². The van der Waals surface area contributed by atoms with Crippen LogP contribution in [-0.4, -0.2) is 296 Å². The van der Waals surface area contributed by atoms with Crippen molar-refractivity contribution in [3.05, 3.63) is 0 Å². The molecule has 0 bridgehead atoms. The summed E-state index contributed by atoms with van der Waals surface area (Å²) in [5, 5.41) is 21.7. The second-order valence-corrected chi connectivity index (χ2v) is 28.4. The number of amides is 4. The van der Waals surface area contributed by atoms with Crippen molar-refractivity contribution in [2.75, 3.05) is 132 Å². The molecule has 8 atom stereocenters. The second-order valence-electron chi connectivity index (χ2n) is 28.4. The first-order valence-electron chi connectivity index (χ1n) is 38.1. The molecule has 8 N–H and O–H groups in total. The number of nitrogens with one attached hydrogen (secondary N) is 8. The SMILES string of the molecule is CC(=O)CCC(NC(=O)C(CCC(C)=O)NCC(=O)COCCOCC(COCCOCC(=O)CNC(CCC(C)=O)C(=O)NC(CCC(C)=O)C(C)=O)(COCCOCC(=O)CNC(CCC(C)=O)C(=O)NC(CCC(C)=O)C(C)=O)COCCOCC(=O)CNC(CCC(C)=O)C(=O)NC(CCC(C)=O)C(C)=O)C(C)=O. The number of rotatable bonds is 76. The van der Waals surface area contributed by atoms with Crippen LogP contribution in [0.1, 0.15) is 186 Å². The molecule has 640 valence electrons. The number of carbonyl (C=O) groups excluding carboxylic acids is 20. The molecule has 0 spiro atoms. The maximum Gasteiger partial charge on any atom is 0.237 e. The van der Waals surface area contributed by atoms with Gasteiger partial charge in [-0.3, -0.25) is 78.8 Å². The Morgan fingerprint density at radius 2 is 0.372 bits per heavy atom. The van der Waals surface area contributed by atoms with E-state index in [0.717, 1.165) is 0 Å². The fourth-order valence-corrected chi connectivity index (χ4v) is 10.5. The van der Waals surface area contributed by atoms with E-state index in [1.165, 1.54) is 83.1 Å². The Labute approximate surface area is 661 Å². The predicted octanol–water partition coefficient (Wildman–Crippen LogP) is -0.536. The quantitative estimate of drug-likeness (QED) is 0.0355. The third kappa shape index (κ3) is 55.3.